The number of rotatable bonds is 38. The lowest BCUT2D eigenvalue weighted by Gasteiger charge is -2.41. The first-order valence-corrected chi connectivity index (χ1v) is 25.2. The Kier molecular flexibility index (Phi) is 35.1. The number of ketones is 1. The number of aliphatic hydroxyl groups is 5. The van der Waals surface area contributed by atoms with Crippen molar-refractivity contribution in [3.8, 4) is 0 Å². The predicted molar refractivity (Wildman–Crippen MR) is 249 cm³/mol. The Balaban J connectivity index is 2.52. The molecule has 0 aromatic carbocycles. The zero-order chi connectivity index (χ0) is 47.3. The van der Waals surface area contributed by atoms with E-state index in [1.807, 2.05) is 36.5 Å². The van der Waals surface area contributed by atoms with Gasteiger partial charge in [-0.3, -0.25) is 23.4 Å². The molecule has 64 heavy (non-hydrogen) atoms. The summed E-state index contributed by atoms with van der Waals surface area (Å²) < 4.78 is 33.4. The molecule has 1 aliphatic rings. The number of phosphoric acid groups is 1. The van der Waals surface area contributed by atoms with Crippen LogP contribution in [-0.4, -0.2) is 104 Å². The van der Waals surface area contributed by atoms with E-state index in [4.69, 9.17) is 18.5 Å². The third-order valence-corrected chi connectivity index (χ3v) is 11.5. The number of ether oxygens (including phenoxy) is 2. The molecule has 0 spiro atoms. The van der Waals surface area contributed by atoms with Gasteiger partial charge in [0.1, 0.15) is 43.2 Å². The summed E-state index contributed by atoms with van der Waals surface area (Å²) in [6.45, 7) is 3.05. The van der Waals surface area contributed by atoms with Crippen LogP contribution in [0.4, 0.5) is 0 Å². The Bertz CT molecular complexity index is 1460. The van der Waals surface area contributed by atoms with Gasteiger partial charge in [0.05, 0.1) is 6.61 Å². The average molecular weight is 925 g/mol. The Morgan fingerprint density at radius 1 is 0.531 bits per heavy atom. The van der Waals surface area contributed by atoms with Gasteiger partial charge in [0.25, 0.3) is 0 Å². The van der Waals surface area contributed by atoms with Crippen molar-refractivity contribution in [3.63, 3.8) is 0 Å². The van der Waals surface area contributed by atoms with Gasteiger partial charge in [-0.25, -0.2) is 4.57 Å². The Labute approximate surface area is 382 Å². The predicted octanol–water partition coefficient (Wildman–Crippen LogP) is 8.68. The molecule has 1 rings (SSSR count). The first-order valence-electron chi connectivity index (χ1n) is 23.7. The van der Waals surface area contributed by atoms with Crippen molar-refractivity contribution in [2.24, 2.45) is 0 Å². The molecular formula is C49H81O14P. The molecule has 1 fully saturated rings. The second-order valence-corrected chi connectivity index (χ2v) is 17.7. The van der Waals surface area contributed by atoms with Gasteiger partial charge in [0, 0.05) is 19.3 Å². The van der Waals surface area contributed by atoms with Crippen molar-refractivity contribution in [3.05, 3.63) is 72.9 Å². The lowest BCUT2D eigenvalue weighted by atomic mass is 9.85. The maximum Gasteiger partial charge on any atom is 0.472 e. The van der Waals surface area contributed by atoms with Gasteiger partial charge in [-0.05, 0) is 76.7 Å². The number of hydrogen-bond acceptors (Lipinski definition) is 13. The summed E-state index contributed by atoms with van der Waals surface area (Å²) in [4.78, 5) is 47.5. The van der Waals surface area contributed by atoms with Crippen LogP contribution in [0.3, 0.4) is 0 Å². The van der Waals surface area contributed by atoms with Crippen LogP contribution in [0.25, 0.3) is 0 Å². The number of carbonyl (C=O) groups is 3. The minimum absolute atomic E-state index is 0.0105. The van der Waals surface area contributed by atoms with Crippen LogP contribution < -0.4 is 0 Å². The van der Waals surface area contributed by atoms with Crippen LogP contribution in [0, 0.1) is 0 Å². The fraction of sp³-hybridized carbons (Fsp3) is 0.694. The minimum Gasteiger partial charge on any atom is -0.462 e. The number of hydrogen-bond donors (Lipinski definition) is 6. The molecule has 8 atom stereocenters. The summed E-state index contributed by atoms with van der Waals surface area (Å²) in [6.07, 6.45) is 30.8. The quantitative estimate of drug-likeness (QED) is 0.00851. The maximum atomic E-state index is 12.8. The van der Waals surface area contributed by atoms with Crippen molar-refractivity contribution in [2.75, 3.05) is 13.2 Å². The molecule has 0 amide bonds. The number of phosphoric ester groups is 1. The first kappa shape index (κ1) is 59.0. The summed E-state index contributed by atoms with van der Waals surface area (Å²) in [5.41, 5.74) is 0. The van der Waals surface area contributed by atoms with Crippen molar-refractivity contribution in [1.29, 1.82) is 0 Å². The second-order valence-electron chi connectivity index (χ2n) is 16.3. The van der Waals surface area contributed by atoms with Crippen LogP contribution >= 0.6 is 7.82 Å². The summed E-state index contributed by atoms with van der Waals surface area (Å²) in [6, 6.07) is 0. The molecule has 3 unspecified atom stereocenters. The fourth-order valence-corrected chi connectivity index (χ4v) is 7.59. The third-order valence-electron chi connectivity index (χ3n) is 10.5. The topological polar surface area (TPSA) is 227 Å². The zero-order valence-electron chi connectivity index (χ0n) is 38.5. The highest BCUT2D eigenvalue weighted by Gasteiger charge is 2.51. The van der Waals surface area contributed by atoms with Crippen molar-refractivity contribution < 1.29 is 67.9 Å². The zero-order valence-corrected chi connectivity index (χ0v) is 39.4. The first-order chi connectivity index (χ1) is 30.8. The highest BCUT2D eigenvalue weighted by Crippen LogP contribution is 2.47. The van der Waals surface area contributed by atoms with E-state index >= 15 is 0 Å². The van der Waals surface area contributed by atoms with E-state index in [0.717, 1.165) is 83.5 Å². The van der Waals surface area contributed by atoms with Crippen molar-refractivity contribution >= 4 is 25.5 Å². The molecule has 0 heterocycles. The van der Waals surface area contributed by atoms with Gasteiger partial charge in [0.2, 0.25) is 0 Å². The van der Waals surface area contributed by atoms with E-state index in [1.165, 1.54) is 19.3 Å². The molecule has 6 N–H and O–H groups in total. The summed E-state index contributed by atoms with van der Waals surface area (Å²) in [5.74, 6) is -1.08. The van der Waals surface area contributed by atoms with Gasteiger partial charge in [-0.1, -0.05) is 138 Å². The largest absolute Gasteiger partial charge is 0.472 e. The van der Waals surface area contributed by atoms with Crippen LogP contribution in [0.15, 0.2) is 72.9 Å². The molecule has 0 radical (unpaired) electrons. The third kappa shape index (κ3) is 30.2. The number of aliphatic hydroxyl groups excluding tert-OH is 5. The number of allylic oxidation sites excluding steroid dienone is 12. The fourth-order valence-electron chi connectivity index (χ4n) is 6.62. The molecule has 0 saturated heterocycles. The highest BCUT2D eigenvalue weighted by molar-refractivity contribution is 7.47. The SMILES string of the molecule is CCCCC/C=C\C/C=C\CCCCCCCCCC(=O)OC[C@H](COP(=O)(O)OC1[C@H](O)[C@H](O)C(O)[C@H](O)[C@H]1O)OC(=O)CCC/C=C\C/C=C\C/C=C\C=C\C(=O)CCCCC. The summed E-state index contributed by atoms with van der Waals surface area (Å²) in [7, 11) is -5.15. The molecule has 0 aliphatic heterocycles. The van der Waals surface area contributed by atoms with E-state index in [2.05, 4.69) is 38.2 Å². The summed E-state index contributed by atoms with van der Waals surface area (Å²) in [5, 5.41) is 50.2. The van der Waals surface area contributed by atoms with Gasteiger partial charge in [-0.2, -0.15) is 0 Å². The molecule has 1 saturated carbocycles. The van der Waals surface area contributed by atoms with Crippen LogP contribution in [0.2, 0.25) is 0 Å². The molecular weight excluding hydrogens is 843 g/mol. The van der Waals surface area contributed by atoms with Crippen molar-refractivity contribution in [2.45, 2.75) is 204 Å². The van der Waals surface area contributed by atoms with Crippen molar-refractivity contribution in [1.82, 2.24) is 0 Å². The molecule has 0 aromatic rings. The monoisotopic (exact) mass is 925 g/mol. The normalized spacial score (nSPS) is 22.1. The summed E-state index contributed by atoms with van der Waals surface area (Å²) >= 11 is 0. The number of carbonyl (C=O) groups excluding carboxylic acids is 3. The minimum atomic E-state index is -5.15. The van der Waals surface area contributed by atoms with E-state index in [1.54, 1.807) is 12.2 Å². The number of esters is 2. The molecule has 0 aromatic heterocycles. The smallest absolute Gasteiger partial charge is 0.462 e. The molecule has 0 bridgehead atoms. The van der Waals surface area contributed by atoms with Crippen LogP contribution in [0.1, 0.15) is 162 Å². The molecule has 1 aliphatic carbocycles. The average Bonchev–Trinajstić information content (AvgIpc) is 3.27. The van der Waals surface area contributed by atoms with Gasteiger partial charge in [-0.15, -0.1) is 0 Å². The standard InChI is InChI=1S/C49H81O14P/c1-3-5-7-8-9-10-11-12-13-14-15-16-19-22-25-28-32-36-42(51)60-38-41(39-61-64(58,59)63-49-47(56)45(54)44(53)46(55)48(49)57)62-43(52)37-33-29-26-23-20-17-18-21-24-27-31-35-40(50)34-30-6-4-2/h9-10,12-13,17-18,23-24,26-27,31,35,41,44-49,53-57H,3-8,11,14-16,19-22,25,28-30,32-34,36-39H2,1-2H3,(H,58,59)/b10-9-,13-12-,18-17-,26-23-,27-24-,35-31+/t41-,44?,45-,46+,47-,48-,49?/m1/s1. The van der Waals surface area contributed by atoms with E-state index in [-0.39, 0.29) is 18.6 Å². The van der Waals surface area contributed by atoms with Crippen LogP contribution in [0.5, 0.6) is 0 Å². The van der Waals surface area contributed by atoms with E-state index in [9.17, 15) is 49.4 Å². The van der Waals surface area contributed by atoms with Crippen LogP contribution in [-0.2, 0) is 37.5 Å². The Morgan fingerprint density at radius 3 is 1.61 bits per heavy atom. The number of unbranched alkanes of at least 4 members (excludes halogenated alkanes) is 13. The van der Waals surface area contributed by atoms with Gasteiger partial charge < -0.3 is 39.9 Å². The Morgan fingerprint density at radius 2 is 1.00 bits per heavy atom. The lowest BCUT2D eigenvalue weighted by molar-refractivity contribution is -0.220. The Hall–Kier alpha value is -3.04. The second kappa shape index (κ2) is 38.1. The molecule has 15 heteroatoms. The molecule has 14 nitrogen and oxygen atoms in total. The maximum absolute atomic E-state index is 12.8. The highest BCUT2D eigenvalue weighted by atomic mass is 31.2. The van der Waals surface area contributed by atoms with E-state index < -0.39 is 75.7 Å². The molecule has 366 valence electrons. The van der Waals surface area contributed by atoms with E-state index in [0.29, 0.717) is 32.1 Å². The lowest BCUT2D eigenvalue weighted by Crippen LogP contribution is -2.64. The van der Waals surface area contributed by atoms with Gasteiger partial charge in [0.15, 0.2) is 11.9 Å². The van der Waals surface area contributed by atoms with Gasteiger partial charge >= 0.3 is 19.8 Å².